The Morgan fingerprint density at radius 1 is 1.15 bits per heavy atom. The molecule has 0 saturated heterocycles. The number of nitrogens with zero attached hydrogens (tertiary/aromatic N) is 1. The minimum absolute atomic E-state index is 0.0918. The van der Waals surface area contributed by atoms with Crippen molar-refractivity contribution >= 4 is 23.8 Å². The number of pyridine rings is 1. The summed E-state index contributed by atoms with van der Waals surface area (Å²) >= 11 is 0. The van der Waals surface area contributed by atoms with Crippen LogP contribution in [0.3, 0.4) is 0 Å². The number of anilines is 1. The number of carbonyl (C=O) groups is 3. The normalized spacial score (nSPS) is 16.1. The Kier molecular flexibility index (Phi) is 8.09. The molecule has 0 spiro atoms. The van der Waals surface area contributed by atoms with Crippen LogP contribution in [0.2, 0.25) is 0 Å². The number of hydrogen-bond donors (Lipinski definition) is 3. The quantitative estimate of drug-likeness (QED) is 0.602. The number of ether oxygens (including phenoxy) is 2. The SMILES string of the molecule is COC(=O)NCc1ccc2c(c1)NC(=O)CCCCC(NC(=O)OC(C)(C)C)c1cc-2ccn1. The van der Waals surface area contributed by atoms with Gasteiger partial charge in [-0.15, -0.1) is 0 Å². The second-order valence-corrected chi connectivity index (χ2v) is 9.19. The maximum absolute atomic E-state index is 12.6. The Bertz CT molecular complexity index is 1050. The number of fused-ring (bicyclic) bond motifs is 4. The molecule has 0 fully saturated rings. The van der Waals surface area contributed by atoms with Gasteiger partial charge in [-0.25, -0.2) is 9.59 Å². The first-order valence-corrected chi connectivity index (χ1v) is 11.3. The Balaban J connectivity index is 1.94. The summed E-state index contributed by atoms with van der Waals surface area (Å²) in [4.78, 5) is 41.0. The van der Waals surface area contributed by atoms with Crippen LogP contribution in [0.1, 0.15) is 63.8 Å². The second-order valence-electron chi connectivity index (χ2n) is 9.19. The lowest BCUT2D eigenvalue weighted by molar-refractivity contribution is -0.116. The molecule has 3 N–H and O–H groups in total. The number of hydrogen-bond acceptors (Lipinski definition) is 6. The summed E-state index contributed by atoms with van der Waals surface area (Å²) in [6.07, 6.45) is 3.04. The van der Waals surface area contributed by atoms with Gasteiger partial charge >= 0.3 is 12.2 Å². The summed E-state index contributed by atoms with van der Waals surface area (Å²) in [6, 6.07) is 9.04. The first-order valence-electron chi connectivity index (χ1n) is 11.3. The molecule has 1 atom stereocenters. The van der Waals surface area contributed by atoms with Gasteiger partial charge in [0, 0.05) is 30.4 Å². The minimum atomic E-state index is -0.609. The van der Waals surface area contributed by atoms with E-state index in [0.717, 1.165) is 28.8 Å². The van der Waals surface area contributed by atoms with Crippen LogP contribution in [0.15, 0.2) is 36.5 Å². The molecular formula is C25H32N4O5. The average Bonchev–Trinajstić information content (AvgIpc) is 2.77. The van der Waals surface area contributed by atoms with Crippen LogP contribution in [-0.4, -0.2) is 35.8 Å². The third kappa shape index (κ3) is 7.19. The van der Waals surface area contributed by atoms with Crippen LogP contribution >= 0.6 is 0 Å². The van der Waals surface area contributed by atoms with Crippen molar-refractivity contribution in [3.05, 3.63) is 47.8 Å². The molecule has 2 aromatic rings. The molecule has 0 radical (unpaired) electrons. The van der Waals surface area contributed by atoms with Gasteiger partial charge in [-0.3, -0.25) is 9.78 Å². The number of amides is 3. The number of nitrogens with one attached hydrogen (secondary N) is 3. The molecule has 1 aromatic heterocycles. The highest BCUT2D eigenvalue weighted by Crippen LogP contribution is 2.32. The van der Waals surface area contributed by atoms with Crippen molar-refractivity contribution in [1.29, 1.82) is 0 Å². The summed E-state index contributed by atoms with van der Waals surface area (Å²) in [5.41, 5.74) is 3.23. The van der Waals surface area contributed by atoms with Crippen molar-refractivity contribution in [1.82, 2.24) is 15.6 Å². The van der Waals surface area contributed by atoms with E-state index in [9.17, 15) is 14.4 Å². The van der Waals surface area contributed by atoms with E-state index in [1.807, 2.05) is 51.1 Å². The van der Waals surface area contributed by atoms with Gasteiger partial charge < -0.3 is 25.4 Å². The monoisotopic (exact) mass is 468 g/mol. The van der Waals surface area contributed by atoms with Crippen LogP contribution in [0.25, 0.3) is 11.1 Å². The summed E-state index contributed by atoms with van der Waals surface area (Å²) in [7, 11) is 1.31. The number of aromatic nitrogens is 1. The first kappa shape index (κ1) is 25.0. The fraction of sp³-hybridized carbons (Fsp3) is 0.440. The van der Waals surface area contributed by atoms with Crippen molar-refractivity contribution < 1.29 is 23.9 Å². The van der Waals surface area contributed by atoms with Crippen molar-refractivity contribution in [2.45, 2.75) is 64.6 Å². The number of methoxy groups -OCH3 is 1. The zero-order valence-corrected chi connectivity index (χ0v) is 20.1. The van der Waals surface area contributed by atoms with E-state index in [4.69, 9.17) is 4.74 Å². The fourth-order valence-corrected chi connectivity index (χ4v) is 3.70. The number of rotatable bonds is 3. The average molecular weight is 469 g/mol. The van der Waals surface area contributed by atoms with Crippen LogP contribution in [-0.2, 0) is 20.8 Å². The van der Waals surface area contributed by atoms with Gasteiger partial charge in [-0.1, -0.05) is 18.6 Å². The molecule has 9 heteroatoms. The van der Waals surface area contributed by atoms with Gasteiger partial charge in [0.15, 0.2) is 0 Å². The molecule has 3 rings (SSSR count). The minimum Gasteiger partial charge on any atom is -0.453 e. The Labute approximate surface area is 199 Å². The van der Waals surface area contributed by atoms with Gasteiger partial charge in [-0.05, 0) is 62.9 Å². The molecule has 2 heterocycles. The summed E-state index contributed by atoms with van der Waals surface area (Å²) in [6.45, 7) is 5.71. The van der Waals surface area contributed by atoms with Gasteiger partial charge in [0.05, 0.1) is 18.8 Å². The largest absolute Gasteiger partial charge is 0.453 e. The highest BCUT2D eigenvalue weighted by Gasteiger charge is 2.22. The first-order chi connectivity index (χ1) is 16.1. The lowest BCUT2D eigenvalue weighted by atomic mass is 9.97. The van der Waals surface area contributed by atoms with Gasteiger partial charge in [-0.2, -0.15) is 0 Å². The van der Waals surface area contributed by atoms with Gasteiger partial charge in [0.1, 0.15) is 5.60 Å². The van der Waals surface area contributed by atoms with E-state index in [2.05, 4.69) is 25.7 Å². The maximum Gasteiger partial charge on any atom is 0.408 e. The summed E-state index contributed by atoms with van der Waals surface area (Å²) < 4.78 is 10.1. The molecule has 2 bridgehead atoms. The standard InChI is InChI=1S/C25H32N4O5/c1-25(2,3)34-24(32)29-19-7-5-6-8-22(30)28-20-13-16(15-27-23(31)33-4)9-10-18(20)17-11-12-26-21(19)14-17/h9-14,19H,5-8,15H2,1-4H3,(H,27,31)(H,28,30)(H,29,32). The third-order valence-corrected chi connectivity index (χ3v) is 5.27. The predicted octanol–water partition coefficient (Wildman–Crippen LogP) is 4.68. The molecule has 1 aliphatic rings. The van der Waals surface area contributed by atoms with Gasteiger partial charge in [0.2, 0.25) is 5.91 Å². The molecule has 182 valence electrons. The molecule has 9 nitrogen and oxygen atoms in total. The molecule has 3 amide bonds. The van der Waals surface area contributed by atoms with Crippen molar-refractivity contribution in [2.75, 3.05) is 12.4 Å². The highest BCUT2D eigenvalue weighted by molar-refractivity contribution is 5.95. The number of alkyl carbamates (subject to hydrolysis) is 2. The summed E-state index contributed by atoms with van der Waals surface area (Å²) in [5.74, 6) is -0.0918. The van der Waals surface area contributed by atoms with E-state index >= 15 is 0 Å². The Hall–Kier alpha value is -3.62. The molecule has 1 aromatic carbocycles. The van der Waals surface area contributed by atoms with Crippen molar-refractivity contribution in [2.24, 2.45) is 0 Å². The van der Waals surface area contributed by atoms with E-state index in [0.29, 0.717) is 24.9 Å². The van der Waals surface area contributed by atoms with E-state index < -0.39 is 17.8 Å². The maximum atomic E-state index is 12.6. The zero-order chi connectivity index (χ0) is 24.7. The molecule has 34 heavy (non-hydrogen) atoms. The van der Waals surface area contributed by atoms with E-state index in [1.54, 1.807) is 6.20 Å². The number of carbonyl (C=O) groups excluding carboxylic acids is 3. The second kappa shape index (κ2) is 11.0. The predicted molar refractivity (Wildman–Crippen MR) is 128 cm³/mol. The van der Waals surface area contributed by atoms with Crippen LogP contribution in [0.5, 0.6) is 0 Å². The smallest absolute Gasteiger partial charge is 0.408 e. The third-order valence-electron chi connectivity index (χ3n) is 5.27. The van der Waals surface area contributed by atoms with Gasteiger partial charge in [0.25, 0.3) is 0 Å². The topological polar surface area (TPSA) is 119 Å². The lowest BCUT2D eigenvalue weighted by Crippen LogP contribution is -2.35. The molecule has 0 saturated carbocycles. The lowest BCUT2D eigenvalue weighted by Gasteiger charge is -2.24. The molecular weight excluding hydrogens is 436 g/mol. The van der Waals surface area contributed by atoms with Crippen molar-refractivity contribution in [3.8, 4) is 11.1 Å². The summed E-state index contributed by atoms with van der Waals surface area (Å²) in [5, 5.41) is 8.59. The number of benzene rings is 1. The Morgan fingerprint density at radius 2 is 1.94 bits per heavy atom. The van der Waals surface area contributed by atoms with Crippen LogP contribution in [0, 0.1) is 0 Å². The molecule has 0 aliphatic carbocycles. The fourth-order valence-electron chi connectivity index (χ4n) is 3.70. The van der Waals surface area contributed by atoms with Crippen LogP contribution in [0.4, 0.5) is 15.3 Å². The molecule has 1 unspecified atom stereocenters. The van der Waals surface area contributed by atoms with Crippen LogP contribution < -0.4 is 16.0 Å². The highest BCUT2D eigenvalue weighted by atomic mass is 16.6. The molecule has 1 aliphatic heterocycles. The Morgan fingerprint density at radius 3 is 2.68 bits per heavy atom. The van der Waals surface area contributed by atoms with Crippen molar-refractivity contribution in [3.63, 3.8) is 0 Å². The zero-order valence-electron chi connectivity index (χ0n) is 20.1. The van der Waals surface area contributed by atoms with E-state index in [-0.39, 0.29) is 18.5 Å². The van der Waals surface area contributed by atoms with E-state index in [1.165, 1.54) is 7.11 Å².